The van der Waals surface area contributed by atoms with E-state index in [4.69, 9.17) is 0 Å². The Labute approximate surface area is 118 Å². The van der Waals surface area contributed by atoms with Crippen LogP contribution >= 0.6 is 0 Å². The highest BCUT2D eigenvalue weighted by atomic mass is 16.1. The quantitative estimate of drug-likeness (QED) is 0.630. The summed E-state index contributed by atoms with van der Waals surface area (Å²) in [5.74, 6) is -0.00611. The third kappa shape index (κ3) is 2.77. The van der Waals surface area contributed by atoms with Crippen LogP contribution in [0.2, 0.25) is 0 Å². The predicted octanol–water partition coefficient (Wildman–Crippen LogP) is 3.13. The van der Waals surface area contributed by atoms with Crippen molar-refractivity contribution in [1.82, 2.24) is 0 Å². The van der Waals surface area contributed by atoms with E-state index in [2.05, 4.69) is 0 Å². The minimum Gasteiger partial charge on any atom is -0.318 e. The summed E-state index contributed by atoms with van der Waals surface area (Å²) < 4.78 is 0. The van der Waals surface area contributed by atoms with Crippen LogP contribution in [0.5, 0.6) is 0 Å². The van der Waals surface area contributed by atoms with Crippen molar-refractivity contribution in [2.24, 2.45) is 0 Å². The van der Waals surface area contributed by atoms with Crippen LogP contribution in [0.4, 0.5) is 5.69 Å². The molecule has 3 heteroatoms. The fourth-order valence-corrected chi connectivity index (χ4v) is 1.96. The van der Waals surface area contributed by atoms with Gasteiger partial charge in [-0.2, -0.15) is 0 Å². The lowest BCUT2D eigenvalue weighted by atomic mass is 9.99. The summed E-state index contributed by atoms with van der Waals surface area (Å²) in [7, 11) is 1.67. The second kappa shape index (κ2) is 5.70. The zero-order chi connectivity index (χ0) is 14.7. The van der Waals surface area contributed by atoms with Crippen molar-refractivity contribution in [2.45, 2.75) is 13.8 Å². The Morgan fingerprint density at radius 3 is 2.10 bits per heavy atom. The summed E-state index contributed by atoms with van der Waals surface area (Å²) in [5.41, 5.74) is 4.34. The molecule has 0 aliphatic heterocycles. The van der Waals surface area contributed by atoms with Crippen molar-refractivity contribution in [2.75, 3.05) is 11.9 Å². The maximum Gasteiger partial charge on any atom is 0.213 e. The molecule has 0 unspecified atom stereocenters. The number of hydrogen-bond donors (Lipinski definition) is 0. The number of carbonyl (C=O) groups is 2. The Morgan fingerprint density at radius 1 is 0.950 bits per heavy atom. The fraction of sp³-hybridized carbons (Fsp3) is 0.176. The van der Waals surface area contributed by atoms with E-state index in [0.29, 0.717) is 11.1 Å². The van der Waals surface area contributed by atoms with Gasteiger partial charge in [-0.15, -0.1) is 0 Å². The minimum atomic E-state index is -0.00611. The van der Waals surface area contributed by atoms with E-state index in [1.54, 1.807) is 31.3 Å². The van der Waals surface area contributed by atoms with E-state index in [1.807, 2.05) is 32.0 Å². The average Bonchev–Trinajstić information content (AvgIpc) is 2.48. The lowest BCUT2D eigenvalue weighted by Gasteiger charge is -2.11. The molecule has 0 saturated carbocycles. The summed E-state index contributed by atoms with van der Waals surface area (Å²) in [5, 5.41) is 0. The lowest BCUT2D eigenvalue weighted by Crippen LogP contribution is -2.13. The Balaban J connectivity index is 2.29. The van der Waals surface area contributed by atoms with E-state index in [-0.39, 0.29) is 5.78 Å². The molecule has 102 valence electrons. The Bertz CT molecular complexity index is 645. The topological polar surface area (TPSA) is 37.4 Å². The zero-order valence-corrected chi connectivity index (χ0v) is 11.9. The molecule has 3 nitrogen and oxygen atoms in total. The van der Waals surface area contributed by atoms with E-state index in [9.17, 15) is 9.59 Å². The molecule has 0 N–H and O–H groups in total. The first-order chi connectivity index (χ1) is 9.52. The van der Waals surface area contributed by atoms with Crippen molar-refractivity contribution in [3.8, 4) is 0 Å². The zero-order valence-electron chi connectivity index (χ0n) is 11.9. The summed E-state index contributed by atoms with van der Waals surface area (Å²) in [6.45, 7) is 4.02. The normalized spacial score (nSPS) is 10.2. The first-order valence-electron chi connectivity index (χ1n) is 6.43. The highest BCUT2D eigenvalue weighted by molar-refractivity contribution is 6.09. The second-order valence-electron chi connectivity index (χ2n) is 4.89. The summed E-state index contributed by atoms with van der Waals surface area (Å²) in [4.78, 5) is 24.5. The molecule has 0 fully saturated rings. The summed E-state index contributed by atoms with van der Waals surface area (Å²) in [6, 6.07) is 12.7. The predicted molar refractivity (Wildman–Crippen MR) is 80.3 cm³/mol. The van der Waals surface area contributed by atoms with E-state index in [1.165, 1.54) is 10.5 Å². The Hall–Kier alpha value is -2.42. The van der Waals surface area contributed by atoms with Crippen LogP contribution < -0.4 is 4.90 Å². The molecule has 0 bridgehead atoms. The van der Waals surface area contributed by atoms with Gasteiger partial charge in [-0.25, -0.2) is 0 Å². The molecular formula is C17H17NO2. The molecular weight excluding hydrogens is 250 g/mol. The Morgan fingerprint density at radius 2 is 1.55 bits per heavy atom. The van der Waals surface area contributed by atoms with Crippen LogP contribution in [-0.4, -0.2) is 19.2 Å². The number of nitrogens with zero attached hydrogens (tertiary/aromatic N) is 1. The van der Waals surface area contributed by atoms with Crippen LogP contribution in [0.15, 0.2) is 42.5 Å². The number of anilines is 1. The van der Waals surface area contributed by atoms with Crippen LogP contribution in [0.25, 0.3) is 0 Å². The molecule has 0 atom stereocenters. The average molecular weight is 267 g/mol. The van der Waals surface area contributed by atoms with Gasteiger partial charge in [0.15, 0.2) is 5.78 Å². The monoisotopic (exact) mass is 267 g/mol. The van der Waals surface area contributed by atoms with Crippen LogP contribution in [-0.2, 0) is 4.79 Å². The van der Waals surface area contributed by atoms with Gasteiger partial charge in [-0.1, -0.05) is 12.1 Å². The number of carbonyl (C=O) groups excluding carboxylic acids is 2. The first-order valence-corrected chi connectivity index (χ1v) is 6.43. The molecule has 0 aliphatic carbocycles. The maximum absolute atomic E-state index is 12.4. The highest BCUT2D eigenvalue weighted by Crippen LogP contribution is 2.17. The van der Waals surface area contributed by atoms with Gasteiger partial charge in [-0.05, 0) is 55.3 Å². The van der Waals surface area contributed by atoms with Gasteiger partial charge < -0.3 is 4.90 Å². The van der Waals surface area contributed by atoms with Gasteiger partial charge >= 0.3 is 0 Å². The van der Waals surface area contributed by atoms with Gasteiger partial charge in [-0.3, -0.25) is 9.59 Å². The van der Waals surface area contributed by atoms with Crippen LogP contribution in [0, 0.1) is 13.8 Å². The molecule has 2 aromatic rings. The SMILES string of the molecule is Cc1ccc(C(=O)c2ccc(N(C)C=O)cc2)cc1C. The molecule has 0 heterocycles. The fourth-order valence-electron chi connectivity index (χ4n) is 1.96. The van der Waals surface area contributed by atoms with Crippen molar-refractivity contribution < 1.29 is 9.59 Å². The third-order valence-corrected chi connectivity index (χ3v) is 3.46. The molecule has 2 aromatic carbocycles. The summed E-state index contributed by atoms with van der Waals surface area (Å²) in [6.07, 6.45) is 0.736. The number of benzene rings is 2. The molecule has 0 aliphatic rings. The van der Waals surface area contributed by atoms with Crippen molar-refractivity contribution in [1.29, 1.82) is 0 Å². The molecule has 0 aromatic heterocycles. The molecule has 2 rings (SSSR count). The number of ketones is 1. The van der Waals surface area contributed by atoms with E-state index >= 15 is 0 Å². The minimum absolute atomic E-state index is 0.00611. The van der Waals surface area contributed by atoms with Crippen molar-refractivity contribution >= 4 is 17.9 Å². The standard InChI is InChI=1S/C17H17NO2/c1-12-4-5-15(10-13(12)2)17(20)14-6-8-16(9-7-14)18(3)11-19/h4-11H,1-3H3. The first kappa shape index (κ1) is 14.0. The molecule has 1 amide bonds. The van der Waals surface area contributed by atoms with Crippen molar-refractivity contribution in [3.63, 3.8) is 0 Å². The lowest BCUT2D eigenvalue weighted by molar-refractivity contribution is -0.107. The smallest absolute Gasteiger partial charge is 0.213 e. The molecule has 20 heavy (non-hydrogen) atoms. The van der Waals surface area contributed by atoms with Crippen LogP contribution in [0.3, 0.4) is 0 Å². The molecule has 0 saturated heterocycles. The second-order valence-corrected chi connectivity index (χ2v) is 4.89. The highest BCUT2D eigenvalue weighted by Gasteiger charge is 2.10. The van der Waals surface area contributed by atoms with Gasteiger partial charge in [0.25, 0.3) is 0 Å². The largest absolute Gasteiger partial charge is 0.318 e. The number of rotatable bonds is 4. The summed E-state index contributed by atoms with van der Waals surface area (Å²) >= 11 is 0. The third-order valence-electron chi connectivity index (χ3n) is 3.46. The van der Waals surface area contributed by atoms with Gasteiger partial charge in [0, 0.05) is 23.9 Å². The van der Waals surface area contributed by atoms with Gasteiger partial charge in [0.1, 0.15) is 0 Å². The van der Waals surface area contributed by atoms with Gasteiger partial charge in [0.05, 0.1) is 0 Å². The number of aryl methyl sites for hydroxylation is 2. The number of amides is 1. The van der Waals surface area contributed by atoms with Gasteiger partial charge in [0.2, 0.25) is 6.41 Å². The molecule has 0 radical (unpaired) electrons. The number of hydrogen-bond acceptors (Lipinski definition) is 2. The van der Waals surface area contributed by atoms with Crippen molar-refractivity contribution in [3.05, 3.63) is 64.7 Å². The maximum atomic E-state index is 12.4. The Kier molecular flexibility index (Phi) is 3.99. The van der Waals surface area contributed by atoms with Crippen LogP contribution in [0.1, 0.15) is 27.0 Å². The molecule has 0 spiro atoms. The van der Waals surface area contributed by atoms with E-state index < -0.39 is 0 Å². The van der Waals surface area contributed by atoms with E-state index in [0.717, 1.165) is 17.7 Å².